The smallest absolute Gasteiger partial charge is 0.111 e. The van der Waals surface area contributed by atoms with Crippen LogP contribution in [0.15, 0.2) is 170 Å². The molecule has 0 aliphatic heterocycles. The Hall–Kier alpha value is -4.95. The third kappa shape index (κ3) is 12.3. The highest BCUT2D eigenvalue weighted by molar-refractivity contribution is 7.13. The van der Waals surface area contributed by atoms with E-state index in [2.05, 4.69) is 141 Å². The lowest BCUT2D eigenvalue weighted by Crippen LogP contribution is -2.54. The van der Waals surface area contributed by atoms with Crippen molar-refractivity contribution in [3.63, 3.8) is 0 Å². The zero-order chi connectivity index (χ0) is 42.4. The Morgan fingerprint density at radius 2 is 1.21 bits per heavy atom. The molecule has 0 spiro atoms. The van der Waals surface area contributed by atoms with Gasteiger partial charge in [-0.05, 0) is 83.3 Å². The fourth-order valence-electron chi connectivity index (χ4n) is 8.42. The number of benzene rings is 5. The van der Waals surface area contributed by atoms with Crippen LogP contribution < -0.4 is 0 Å². The zero-order valence-corrected chi connectivity index (χ0v) is 36.6. The average Bonchev–Trinajstić information content (AvgIpc) is 3.78. The van der Waals surface area contributed by atoms with Crippen LogP contribution in [0.4, 0.5) is 4.39 Å². The highest BCUT2D eigenvalue weighted by atomic mass is 32.1. The van der Waals surface area contributed by atoms with E-state index in [1.807, 2.05) is 31.2 Å². The molecule has 6 aromatic rings. The van der Waals surface area contributed by atoms with E-state index in [9.17, 15) is 4.39 Å². The molecule has 6 heteroatoms. The van der Waals surface area contributed by atoms with Crippen molar-refractivity contribution in [3.05, 3.63) is 219 Å². The molecular weight excluding hydrogens is 776 g/mol. The summed E-state index contributed by atoms with van der Waals surface area (Å²) in [4.78, 5) is 2.36. The highest BCUT2D eigenvalue weighted by Gasteiger charge is 2.48. The molecule has 0 radical (unpaired) electrons. The van der Waals surface area contributed by atoms with Gasteiger partial charge in [-0.3, -0.25) is 0 Å². The first-order chi connectivity index (χ1) is 29.8. The molecule has 61 heavy (non-hydrogen) atoms. The lowest BCUT2D eigenvalue weighted by molar-refractivity contribution is -0.201. The lowest BCUT2D eigenvalue weighted by atomic mass is 9.72. The SMILES string of the molecule is C=C(CC(C)/C(F)=C\C)c1ccc(Cc2cc(C3C[C@H](COCc4ccccc4)[C@@H](OCc4ccccc4)[C@H](OCc4ccccc4)[C@H]3OCc3ccccc3)ccc2C)s1. The van der Waals surface area contributed by atoms with Crippen LogP contribution in [0.3, 0.4) is 0 Å². The maximum Gasteiger partial charge on any atom is 0.111 e. The second kappa shape index (κ2) is 22.2. The number of halogens is 1. The minimum Gasteiger partial charge on any atom is -0.376 e. The quantitative estimate of drug-likeness (QED) is 0.0768. The highest BCUT2D eigenvalue weighted by Crippen LogP contribution is 2.43. The van der Waals surface area contributed by atoms with Crippen molar-refractivity contribution in [1.82, 2.24) is 0 Å². The van der Waals surface area contributed by atoms with Crippen molar-refractivity contribution in [3.8, 4) is 0 Å². The summed E-state index contributed by atoms with van der Waals surface area (Å²) in [7, 11) is 0. The predicted molar refractivity (Wildman–Crippen MR) is 248 cm³/mol. The number of ether oxygens (including phenoxy) is 4. The molecule has 2 unspecified atom stereocenters. The van der Waals surface area contributed by atoms with Crippen LogP contribution >= 0.6 is 11.3 Å². The van der Waals surface area contributed by atoms with Crippen molar-refractivity contribution in [2.24, 2.45) is 11.8 Å². The minimum atomic E-state index is -0.401. The van der Waals surface area contributed by atoms with Gasteiger partial charge in [0.05, 0.1) is 51.1 Å². The Morgan fingerprint density at radius 1 is 0.689 bits per heavy atom. The Labute approximate surface area is 366 Å². The number of hydrogen-bond donors (Lipinski definition) is 0. The predicted octanol–water partition coefficient (Wildman–Crippen LogP) is 13.6. The zero-order valence-electron chi connectivity index (χ0n) is 35.8. The second-order valence-corrected chi connectivity index (χ2v) is 17.6. The first-order valence-corrected chi connectivity index (χ1v) is 22.4. The maximum absolute atomic E-state index is 14.3. The molecule has 316 valence electrons. The molecule has 1 saturated carbocycles. The Kier molecular flexibility index (Phi) is 16.1. The van der Waals surface area contributed by atoms with Gasteiger partial charge in [-0.2, -0.15) is 0 Å². The normalized spacial score (nSPS) is 19.7. The van der Waals surface area contributed by atoms with Crippen molar-refractivity contribution in [1.29, 1.82) is 0 Å². The van der Waals surface area contributed by atoms with Gasteiger partial charge in [0.1, 0.15) is 6.10 Å². The first-order valence-electron chi connectivity index (χ1n) is 21.6. The van der Waals surface area contributed by atoms with Crippen LogP contribution in [0, 0.1) is 18.8 Å². The van der Waals surface area contributed by atoms with Crippen LogP contribution in [0.1, 0.15) is 81.3 Å². The van der Waals surface area contributed by atoms with E-state index < -0.39 is 6.10 Å². The number of allylic oxidation sites excluding steroid dienone is 3. The van der Waals surface area contributed by atoms with Crippen LogP contribution in [0.5, 0.6) is 0 Å². The van der Waals surface area contributed by atoms with E-state index in [0.717, 1.165) is 45.5 Å². The summed E-state index contributed by atoms with van der Waals surface area (Å²) in [5.41, 5.74) is 9.16. The summed E-state index contributed by atoms with van der Waals surface area (Å²) in [5.74, 6) is -0.274. The van der Waals surface area contributed by atoms with Crippen molar-refractivity contribution < 1.29 is 23.3 Å². The number of hydrogen-bond acceptors (Lipinski definition) is 5. The second-order valence-electron chi connectivity index (χ2n) is 16.4. The number of thiophene rings is 1. The molecule has 1 heterocycles. The summed E-state index contributed by atoms with van der Waals surface area (Å²) in [5, 5.41) is 0. The Balaban J connectivity index is 1.23. The van der Waals surface area contributed by atoms with E-state index in [1.54, 1.807) is 24.3 Å². The number of aryl methyl sites for hydroxylation is 1. The van der Waals surface area contributed by atoms with Crippen molar-refractivity contribution >= 4 is 16.9 Å². The largest absolute Gasteiger partial charge is 0.376 e. The van der Waals surface area contributed by atoms with Crippen LogP contribution in [-0.2, 0) is 51.8 Å². The van der Waals surface area contributed by atoms with Gasteiger partial charge in [-0.25, -0.2) is 4.39 Å². The first kappa shape index (κ1) is 44.1. The molecule has 1 aliphatic rings. The summed E-state index contributed by atoms with van der Waals surface area (Å²) in [6.45, 7) is 12.6. The third-order valence-corrected chi connectivity index (χ3v) is 13.0. The fraction of sp³-hybridized carbons (Fsp3) is 0.309. The van der Waals surface area contributed by atoms with Crippen LogP contribution in [-0.4, -0.2) is 24.9 Å². The van der Waals surface area contributed by atoms with Gasteiger partial charge < -0.3 is 18.9 Å². The molecular formula is C55H59FO4S. The fourth-order valence-corrected chi connectivity index (χ4v) is 9.43. The molecule has 5 aromatic carbocycles. The summed E-state index contributed by atoms with van der Waals surface area (Å²) >= 11 is 1.75. The summed E-state index contributed by atoms with van der Waals surface area (Å²) < 4.78 is 42.2. The Bertz CT molecular complexity index is 2270. The molecule has 7 rings (SSSR count). The van der Waals surface area contributed by atoms with Crippen LogP contribution in [0.2, 0.25) is 0 Å². The topological polar surface area (TPSA) is 36.9 Å². The molecule has 1 aromatic heterocycles. The van der Waals surface area contributed by atoms with E-state index in [4.69, 9.17) is 18.9 Å². The van der Waals surface area contributed by atoms with E-state index >= 15 is 0 Å². The third-order valence-electron chi connectivity index (χ3n) is 11.8. The van der Waals surface area contributed by atoms with Crippen molar-refractivity contribution in [2.75, 3.05) is 6.61 Å². The molecule has 1 aliphatic carbocycles. The lowest BCUT2D eigenvalue weighted by Gasteiger charge is -2.47. The van der Waals surface area contributed by atoms with Gasteiger partial charge in [-0.1, -0.05) is 159 Å². The standard InChI is InChI=1S/C55H59FO4S/c1-5-51(56)40(3)30-41(4)52-29-28-49(61-52)32-47-31-46(27-26-39(47)2)50-33-48(38-57-34-42-18-10-6-11-19-42)53(58-35-43-20-12-7-13-21-43)55(60-37-45-24-16-9-17-25-45)54(50)59-36-44-22-14-8-15-23-44/h5-29,31,40,48,50,53-55H,4,30,32-38H2,1-3H3/b51-5+/t40?,48-,50?,53-,54+,55+/m1/s1. The minimum absolute atomic E-state index is 0.00702. The summed E-state index contributed by atoms with van der Waals surface area (Å²) in [6, 6.07) is 52.7. The van der Waals surface area contributed by atoms with Gasteiger partial charge in [0.25, 0.3) is 0 Å². The molecule has 4 nitrogen and oxygen atoms in total. The summed E-state index contributed by atoms with van der Waals surface area (Å²) in [6.07, 6.45) is 2.71. The molecule has 0 amide bonds. The van der Waals surface area contributed by atoms with E-state index in [0.29, 0.717) is 39.5 Å². The monoisotopic (exact) mass is 834 g/mol. The van der Waals surface area contributed by atoms with Gasteiger partial charge in [0.15, 0.2) is 0 Å². The van der Waals surface area contributed by atoms with Gasteiger partial charge in [0.2, 0.25) is 0 Å². The molecule has 6 atom stereocenters. The van der Waals surface area contributed by atoms with Gasteiger partial charge >= 0.3 is 0 Å². The maximum atomic E-state index is 14.3. The average molecular weight is 835 g/mol. The number of rotatable bonds is 20. The van der Waals surface area contributed by atoms with Gasteiger partial charge in [0, 0.05) is 33.9 Å². The van der Waals surface area contributed by atoms with E-state index in [1.165, 1.54) is 21.6 Å². The molecule has 0 N–H and O–H groups in total. The molecule has 1 fully saturated rings. The van der Waals surface area contributed by atoms with E-state index in [-0.39, 0.29) is 35.8 Å². The van der Waals surface area contributed by atoms with Crippen molar-refractivity contribution in [2.45, 2.75) is 90.7 Å². The molecule has 0 bridgehead atoms. The Morgan fingerprint density at radius 3 is 1.77 bits per heavy atom. The van der Waals surface area contributed by atoms with Gasteiger partial charge in [-0.15, -0.1) is 11.3 Å². The molecule has 0 saturated heterocycles. The van der Waals surface area contributed by atoms with Crippen LogP contribution in [0.25, 0.3) is 5.57 Å².